The molecule has 0 aromatic heterocycles. The van der Waals surface area contributed by atoms with E-state index in [1.54, 1.807) is 31.2 Å². The number of hydrogen-bond donors (Lipinski definition) is 1. The van der Waals surface area contributed by atoms with E-state index in [1.165, 1.54) is 13.1 Å². The minimum atomic E-state index is -0.646. The maximum absolute atomic E-state index is 12.1. The quantitative estimate of drug-likeness (QED) is 0.644. The monoisotopic (exact) mass is 255 g/mol. The summed E-state index contributed by atoms with van der Waals surface area (Å²) >= 11 is 0. The first kappa shape index (κ1) is 13.0. The Labute approximate surface area is 110 Å². The lowest BCUT2D eigenvalue weighted by molar-refractivity contribution is -0.114. The molecule has 0 saturated heterocycles. The third kappa shape index (κ3) is 1.91. The summed E-state index contributed by atoms with van der Waals surface area (Å²) in [7, 11) is 0. The van der Waals surface area contributed by atoms with Crippen LogP contribution in [0.25, 0.3) is 5.57 Å². The molecule has 0 radical (unpaired) electrons. The second kappa shape index (κ2) is 4.65. The maximum atomic E-state index is 12.1. The molecule has 4 nitrogen and oxygen atoms in total. The fourth-order valence-electron chi connectivity index (χ4n) is 2.24. The van der Waals surface area contributed by atoms with Crippen LogP contribution in [0, 0.1) is 0 Å². The summed E-state index contributed by atoms with van der Waals surface area (Å²) in [6, 6.07) is 6.66. The van der Waals surface area contributed by atoms with Gasteiger partial charge in [-0.2, -0.15) is 0 Å². The second-order valence-electron chi connectivity index (χ2n) is 4.36. The zero-order valence-corrected chi connectivity index (χ0v) is 10.7. The van der Waals surface area contributed by atoms with E-state index in [4.69, 9.17) is 5.73 Å². The third-order valence-electron chi connectivity index (χ3n) is 3.12. The normalized spacial score (nSPS) is 17.5. The molecule has 1 aliphatic rings. The predicted molar refractivity (Wildman–Crippen MR) is 71.3 cm³/mol. The Morgan fingerprint density at radius 1 is 1.05 bits per heavy atom. The van der Waals surface area contributed by atoms with Gasteiger partial charge in [-0.05, 0) is 31.2 Å². The van der Waals surface area contributed by atoms with Crippen molar-refractivity contribution in [1.82, 2.24) is 0 Å². The number of Topliss-reactive ketones (excluding diaryl/α,β-unsaturated/α-hetero) is 3. The summed E-state index contributed by atoms with van der Waals surface area (Å²) in [5.41, 5.74) is 7.14. The van der Waals surface area contributed by atoms with Crippen molar-refractivity contribution in [1.29, 1.82) is 0 Å². The molecule has 0 bridgehead atoms. The average Bonchev–Trinajstić information content (AvgIpc) is 2.64. The number of benzene rings is 1. The minimum Gasteiger partial charge on any atom is -0.404 e. The van der Waals surface area contributed by atoms with Crippen molar-refractivity contribution in [3.63, 3.8) is 0 Å². The Morgan fingerprint density at radius 2 is 1.63 bits per heavy atom. The number of allylic oxidation sites excluding steroid dienone is 3. The van der Waals surface area contributed by atoms with Gasteiger partial charge in [0.1, 0.15) is 0 Å². The van der Waals surface area contributed by atoms with E-state index in [9.17, 15) is 14.4 Å². The molecular weight excluding hydrogens is 242 g/mol. The molecule has 0 amide bonds. The zero-order valence-electron chi connectivity index (χ0n) is 10.7. The molecule has 0 atom stereocenters. The average molecular weight is 255 g/mol. The molecule has 0 fully saturated rings. The van der Waals surface area contributed by atoms with Crippen molar-refractivity contribution in [2.24, 2.45) is 5.73 Å². The molecule has 2 rings (SSSR count). The van der Waals surface area contributed by atoms with E-state index >= 15 is 0 Å². The Kier molecular flexibility index (Phi) is 3.17. The van der Waals surface area contributed by atoms with E-state index in [0.29, 0.717) is 16.7 Å². The van der Waals surface area contributed by atoms with Crippen molar-refractivity contribution in [3.05, 3.63) is 52.7 Å². The first-order valence-corrected chi connectivity index (χ1v) is 5.81. The first-order chi connectivity index (χ1) is 8.99. The molecule has 1 aromatic rings. The van der Waals surface area contributed by atoms with Crippen LogP contribution in [0.2, 0.25) is 0 Å². The van der Waals surface area contributed by atoms with Gasteiger partial charge in [0.05, 0.1) is 0 Å². The lowest BCUT2D eigenvalue weighted by Gasteiger charge is -2.08. The van der Waals surface area contributed by atoms with E-state index in [-0.39, 0.29) is 16.9 Å². The van der Waals surface area contributed by atoms with Gasteiger partial charge in [0.15, 0.2) is 5.78 Å². The van der Waals surface area contributed by atoms with E-state index in [2.05, 4.69) is 0 Å². The Morgan fingerprint density at radius 3 is 2.16 bits per heavy atom. The second-order valence-corrected chi connectivity index (χ2v) is 4.36. The van der Waals surface area contributed by atoms with Crippen molar-refractivity contribution in [3.8, 4) is 0 Å². The first-order valence-electron chi connectivity index (χ1n) is 5.81. The Hall–Kier alpha value is -2.49. The highest BCUT2D eigenvalue weighted by Crippen LogP contribution is 2.34. The van der Waals surface area contributed by atoms with Gasteiger partial charge < -0.3 is 5.73 Å². The molecule has 0 unspecified atom stereocenters. The van der Waals surface area contributed by atoms with Crippen LogP contribution in [-0.2, 0) is 9.59 Å². The molecule has 0 aliphatic heterocycles. The zero-order chi connectivity index (χ0) is 14.2. The topological polar surface area (TPSA) is 77.2 Å². The van der Waals surface area contributed by atoms with Crippen LogP contribution in [-0.4, -0.2) is 17.3 Å². The highest BCUT2D eigenvalue weighted by Gasteiger charge is 2.36. The molecular formula is C15H13NO3. The maximum Gasteiger partial charge on any atom is 0.234 e. The van der Waals surface area contributed by atoms with Gasteiger partial charge in [-0.25, -0.2) is 0 Å². The summed E-state index contributed by atoms with van der Waals surface area (Å²) in [5, 5.41) is 0. The van der Waals surface area contributed by atoms with E-state index < -0.39 is 11.6 Å². The number of carbonyl (C=O) groups is 3. The van der Waals surface area contributed by atoms with Gasteiger partial charge in [-0.15, -0.1) is 0 Å². The molecule has 19 heavy (non-hydrogen) atoms. The fourth-order valence-corrected chi connectivity index (χ4v) is 2.24. The summed E-state index contributed by atoms with van der Waals surface area (Å²) in [6.07, 6.45) is 1.27. The van der Waals surface area contributed by atoms with Crippen molar-refractivity contribution in [2.45, 2.75) is 13.8 Å². The molecule has 0 spiro atoms. The van der Waals surface area contributed by atoms with Crippen LogP contribution >= 0.6 is 0 Å². The van der Waals surface area contributed by atoms with Crippen LogP contribution < -0.4 is 5.73 Å². The lowest BCUT2D eigenvalue weighted by Crippen LogP contribution is -2.11. The standard InChI is InChI=1S/C15H13NO3/c1-8(7-16)12(9(2)17)13-10-5-3-4-6-11(10)14(18)15(13)19/h3-7H,16H2,1-2H3. The van der Waals surface area contributed by atoms with E-state index in [1.807, 2.05) is 0 Å². The highest BCUT2D eigenvalue weighted by molar-refractivity contribution is 6.64. The lowest BCUT2D eigenvalue weighted by atomic mass is 9.94. The fraction of sp³-hybridized carbons (Fsp3) is 0.133. The predicted octanol–water partition coefficient (Wildman–Crippen LogP) is 1.66. The molecule has 1 aliphatic carbocycles. The van der Waals surface area contributed by atoms with Crippen molar-refractivity contribution >= 4 is 22.9 Å². The van der Waals surface area contributed by atoms with Crippen molar-refractivity contribution < 1.29 is 14.4 Å². The summed E-state index contributed by atoms with van der Waals surface area (Å²) in [4.78, 5) is 35.8. The molecule has 1 aromatic carbocycles. The molecule has 0 saturated carbocycles. The van der Waals surface area contributed by atoms with Gasteiger partial charge >= 0.3 is 0 Å². The molecule has 4 heteroatoms. The molecule has 0 heterocycles. The van der Waals surface area contributed by atoms with E-state index in [0.717, 1.165) is 0 Å². The number of rotatable bonds is 2. The summed E-state index contributed by atoms with van der Waals surface area (Å²) in [6.45, 7) is 3.00. The Bertz CT molecular complexity index is 666. The Balaban J connectivity index is 2.84. The van der Waals surface area contributed by atoms with Crippen LogP contribution in [0.15, 0.2) is 41.6 Å². The smallest absolute Gasteiger partial charge is 0.234 e. The summed E-state index contributed by atoms with van der Waals surface area (Å²) in [5.74, 6) is -1.51. The third-order valence-corrected chi connectivity index (χ3v) is 3.12. The summed E-state index contributed by atoms with van der Waals surface area (Å²) < 4.78 is 0. The van der Waals surface area contributed by atoms with Crippen LogP contribution in [0.3, 0.4) is 0 Å². The van der Waals surface area contributed by atoms with Gasteiger partial charge in [0, 0.05) is 16.7 Å². The van der Waals surface area contributed by atoms with Crippen LogP contribution in [0.1, 0.15) is 29.8 Å². The molecule has 2 N–H and O–H groups in total. The van der Waals surface area contributed by atoms with Crippen LogP contribution in [0.4, 0.5) is 0 Å². The van der Waals surface area contributed by atoms with Gasteiger partial charge in [0.25, 0.3) is 0 Å². The minimum absolute atomic E-state index is 0.160. The SMILES string of the molecule is CC(=O)C(C(C)=CN)=C1C(=O)C(=O)c2ccccc21. The van der Waals surface area contributed by atoms with Crippen LogP contribution in [0.5, 0.6) is 0 Å². The number of fused-ring (bicyclic) bond motifs is 1. The number of carbonyl (C=O) groups excluding carboxylic acids is 3. The van der Waals surface area contributed by atoms with Gasteiger partial charge in [-0.1, -0.05) is 24.3 Å². The largest absolute Gasteiger partial charge is 0.404 e. The van der Waals surface area contributed by atoms with Gasteiger partial charge in [0.2, 0.25) is 11.6 Å². The van der Waals surface area contributed by atoms with Crippen molar-refractivity contribution in [2.75, 3.05) is 0 Å². The number of nitrogens with two attached hydrogens (primary N) is 1. The number of ketones is 3. The van der Waals surface area contributed by atoms with Gasteiger partial charge in [-0.3, -0.25) is 14.4 Å². The number of hydrogen-bond acceptors (Lipinski definition) is 4. The highest BCUT2D eigenvalue weighted by atomic mass is 16.2. The molecule has 96 valence electrons.